The van der Waals surface area contributed by atoms with Crippen molar-refractivity contribution in [2.24, 2.45) is 0 Å². The molecule has 84 valence electrons. The molecule has 1 saturated heterocycles. The molecule has 1 aliphatic heterocycles. The van der Waals surface area contributed by atoms with Crippen LogP contribution in [0.1, 0.15) is 12.8 Å². The quantitative estimate of drug-likeness (QED) is 0.661. The fourth-order valence-corrected chi connectivity index (χ4v) is 2.81. The Morgan fingerprint density at radius 1 is 1.38 bits per heavy atom. The van der Waals surface area contributed by atoms with Gasteiger partial charge in [0.2, 0.25) is 0 Å². The first-order valence-electron chi connectivity index (χ1n) is 5.00. The zero-order chi connectivity index (χ0) is 10.7. The van der Waals surface area contributed by atoms with Gasteiger partial charge in [0.05, 0.1) is 0 Å². The molecule has 1 fully saturated rings. The molecule has 1 aromatic carbocycles. The van der Waals surface area contributed by atoms with E-state index in [9.17, 15) is 4.79 Å². The Balaban J connectivity index is 0.00000128. The number of benzene rings is 1. The molecule has 1 atom stereocenters. The Kier molecular flexibility index (Phi) is 6.14. The molecular weight excluding hydrogens is 250 g/mol. The van der Waals surface area contributed by atoms with E-state index in [0.717, 1.165) is 24.3 Å². The number of aliphatic carboxylic acids is 1. The van der Waals surface area contributed by atoms with Gasteiger partial charge in [0.15, 0.2) is 0 Å². The molecule has 0 aromatic heterocycles. The normalized spacial score (nSPS) is 20.4. The zero-order valence-electron chi connectivity index (χ0n) is 8.30. The van der Waals surface area contributed by atoms with Gasteiger partial charge in [0.1, 0.15) is 6.04 Å². The van der Waals surface area contributed by atoms with Crippen molar-refractivity contribution in [2.45, 2.75) is 23.8 Å². The summed E-state index contributed by atoms with van der Waals surface area (Å²) in [5, 5.41) is 9.01. The summed E-state index contributed by atoms with van der Waals surface area (Å²) >= 11 is 1.54. The van der Waals surface area contributed by atoms with E-state index < -0.39 is 5.97 Å². The number of carbonyl (C=O) groups is 1. The van der Waals surface area contributed by atoms with E-state index in [-0.39, 0.29) is 43.8 Å². The third-order valence-electron chi connectivity index (χ3n) is 2.45. The van der Waals surface area contributed by atoms with Crippen molar-refractivity contribution >= 4 is 55.7 Å². The second-order valence-electron chi connectivity index (χ2n) is 3.54. The predicted molar refractivity (Wildman–Crippen MR) is 68.2 cm³/mol. The second kappa shape index (κ2) is 6.87. The Labute approximate surface area is 129 Å². The van der Waals surface area contributed by atoms with Crippen LogP contribution in [0.4, 0.5) is 0 Å². The van der Waals surface area contributed by atoms with Crippen molar-refractivity contribution < 1.29 is 9.90 Å². The topological polar surface area (TPSA) is 40.5 Å². The van der Waals surface area contributed by atoms with Gasteiger partial charge in [-0.25, -0.2) is 4.31 Å². The average Bonchev–Trinajstić information content (AvgIpc) is 2.67. The average molecular weight is 265 g/mol. The molecule has 1 heterocycles. The van der Waals surface area contributed by atoms with Crippen LogP contribution in [0.5, 0.6) is 0 Å². The molecule has 5 heteroatoms. The van der Waals surface area contributed by atoms with E-state index in [1.165, 1.54) is 0 Å². The van der Waals surface area contributed by atoms with Crippen molar-refractivity contribution in [2.75, 3.05) is 6.54 Å². The molecule has 0 bridgehead atoms. The molecule has 0 spiro atoms. The van der Waals surface area contributed by atoms with Gasteiger partial charge >= 0.3 is 43.7 Å². The van der Waals surface area contributed by atoms with E-state index in [1.54, 1.807) is 11.9 Å². The number of carboxylic acids is 1. The number of nitrogens with zero attached hydrogens (tertiary/aromatic N) is 1. The fourth-order valence-electron chi connectivity index (χ4n) is 1.71. The molecule has 0 amide bonds. The third-order valence-corrected chi connectivity index (χ3v) is 3.61. The van der Waals surface area contributed by atoms with Crippen LogP contribution < -0.4 is 0 Å². The van der Waals surface area contributed by atoms with Crippen LogP contribution in [0, 0.1) is 0 Å². The van der Waals surface area contributed by atoms with E-state index in [2.05, 4.69) is 0 Å². The first-order valence-corrected chi connectivity index (χ1v) is 5.77. The number of carboxylic acid groups (broad SMARTS) is 1. The summed E-state index contributed by atoms with van der Waals surface area (Å²) in [6, 6.07) is 9.57. The summed E-state index contributed by atoms with van der Waals surface area (Å²) in [5.41, 5.74) is 0. The van der Waals surface area contributed by atoms with Gasteiger partial charge in [-0.3, -0.25) is 4.79 Å². The van der Waals surface area contributed by atoms with Crippen molar-refractivity contribution in [1.29, 1.82) is 0 Å². The van der Waals surface area contributed by atoms with Gasteiger partial charge in [-0.2, -0.15) is 0 Å². The fraction of sp³-hybridized carbons (Fsp3) is 0.364. The summed E-state index contributed by atoms with van der Waals surface area (Å²) in [6.07, 6.45) is 1.73. The number of hydrogen-bond donors (Lipinski definition) is 1. The predicted octanol–water partition coefficient (Wildman–Crippen LogP) is 1.33. The van der Waals surface area contributed by atoms with Gasteiger partial charge < -0.3 is 5.11 Å². The van der Waals surface area contributed by atoms with E-state index in [0.29, 0.717) is 0 Å². The standard InChI is InChI=1S/C11H13NO2S.Ca.2H/c13-11(14)10-7-4-8-12(10)15-9-5-2-1-3-6-9;;;/h1-3,5-6,10H,4,7-8H2,(H,13,14);;;/t10-;;;/m0.../s1. The Bertz CT molecular complexity index is 347. The summed E-state index contributed by atoms with van der Waals surface area (Å²) in [5.74, 6) is -0.712. The maximum absolute atomic E-state index is 10.9. The summed E-state index contributed by atoms with van der Waals surface area (Å²) < 4.78 is 1.96. The summed E-state index contributed by atoms with van der Waals surface area (Å²) in [4.78, 5) is 12.0. The first-order chi connectivity index (χ1) is 7.27. The van der Waals surface area contributed by atoms with E-state index in [1.807, 2.05) is 34.6 Å². The number of rotatable bonds is 3. The molecule has 0 radical (unpaired) electrons. The molecule has 0 aliphatic carbocycles. The molecule has 2 rings (SSSR count). The minimum atomic E-state index is -0.712. The zero-order valence-corrected chi connectivity index (χ0v) is 9.11. The van der Waals surface area contributed by atoms with Crippen molar-refractivity contribution in [3.63, 3.8) is 0 Å². The molecule has 1 aliphatic rings. The van der Waals surface area contributed by atoms with Crippen LogP contribution in [0.3, 0.4) is 0 Å². The van der Waals surface area contributed by atoms with Gasteiger partial charge in [-0.05, 0) is 36.9 Å². The molecule has 16 heavy (non-hydrogen) atoms. The van der Waals surface area contributed by atoms with Crippen LogP contribution in [-0.4, -0.2) is 65.7 Å². The molecule has 1 N–H and O–H groups in total. The van der Waals surface area contributed by atoms with Crippen molar-refractivity contribution in [3.05, 3.63) is 30.3 Å². The molecule has 0 unspecified atom stereocenters. The van der Waals surface area contributed by atoms with Crippen LogP contribution >= 0.6 is 11.9 Å². The number of hydrogen-bond acceptors (Lipinski definition) is 3. The molecule has 1 aromatic rings. The van der Waals surface area contributed by atoms with Crippen molar-refractivity contribution in [1.82, 2.24) is 4.31 Å². The van der Waals surface area contributed by atoms with Crippen molar-refractivity contribution in [3.8, 4) is 0 Å². The van der Waals surface area contributed by atoms with E-state index >= 15 is 0 Å². The molecule has 0 saturated carbocycles. The molecular formula is C11H15CaNO2S. The van der Waals surface area contributed by atoms with Gasteiger partial charge in [-0.15, -0.1) is 0 Å². The van der Waals surface area contributed by atoms with Crippen LogP contribution in [-0.2, 0) is 4.79 Å². The maximum atomic E-state index is 10.9. The van der Waals surface area contributed by atoms with Gasteiger partial charge in [-0.1, -0.05) is 18.2 Å². The van der Waals surface area contributed by atoms with Crippen LogP contribution in [0.25, 0.3) is 0 Å². The Hall–Kier alpha value is 0.260. The summed E-state index contributed by atoms with van der Waals surface area (Å²) in [7, 11) is 0. The summed E-state index contributed by atoms with van der Waals surface area (Å²) in [6.45, 7) is 0.858. The minimum absolute atomic E-state index is 0. The first kappa shape index (κ1) is 14.3. The van der Waals surface area contributed by atoms with E-state index in [4.69, 9.17) is 5.11 Å². The Morgan fingerprint density at radius 3 is 2.69 bits per heavy atom. The van der Waals surface area contributed by atoms with Crippen LogP contribution in [0.2, 0.25) is 0 Å². The monoisotopic (exact) mass is 265 g/mol. The SMILES string of the molecule is O=C(O)[C@@H]1CCCN1Sc1ccccc1.[CaH2]. The van der Waals surface area contributed by atoms with Gasteiger partial charge in [0, 0.05) is 11.4 Å². The Morgan fingerprint density at radius 2 is 2.06 bits per heavy atom. The second-order valence-corrected chi connectivity index (χ2v) is 4.66. The molecule has 3 nitrogen and oxygen atoms in total. The van der Waals surface area contributed by atoms with Gasteiger partial charge in [0.25, 0.3) is 0 Å². The third kappa shape index (κ3) is 3.64. The van der Waals surface area contributed by atoms with Crippen LogP contribution in [0.15, 0.2) is 35.2 Å².